The Kier molecular flexibility index (Phi) is 4.61. The summed E-state index contributed by atoms with van der Waals surface area (Å²) >= 11 is 3.41. The van der Waals surface area contributed by atoms with E-state index in [9.17, 15) is 4.79 Å². The molecule has 0 radical (unpaired) electrons. The van der Waals surface area contributed by atoms with E-state index in [0.717, 1.165) is 21.2 Å². The Morgan fingerprint density at radius 1 is 1.05 bits per heavy atom. The summed E-state index contributed by atoms with van der Waals surface area (Å²) in [5.41, 5.74) is 4.21. The zero-order chi connectivity index (χ0) is 14.7. The maximum atomic E-state index is 12.4. The highest BCUT2D eigenvalue weighted by molar-refractivity contribution is 9.10. The lowest BCUT2D eigenvalue weighted by molar-refractivity contribution is 0.0785. The molecule has 0 atom stereocenters. The quantitative estimate of drug-likeness (QED) is 0.819. The van der Waals surface area contributed by atoms with E-state index in [0.29, 0.717) is 6.54 Å². The minimum absolute atomic E-state index is 0.0519. The lowest BCUT2D eigenvalue weighted by Crippen LogP contribution is -2.26. The molecule has 0 N–H and O–H groups in total. The molecule has 20 heavy (non-hydrogen) atoms. The Hall–Kier alpha value is -1.61. The Balaban J connectivity index is 2.11. The summed E-state index contributed by atoms with van der Waals surface area (Å²) in [6.45, 7) is 4.69. The zero-order valence-electron chi connectivity index (χ0n) is 12.0. The second kappa shape index (κ2) is 6.23. The van der Waals surface area contributed by atoms with Gasteiger partial charge < -0.3 is 4.90 Å². The van der Waals surface area contributed by atoms with Crippen LogP contribution in [0.3, 0.4) is 0 Å². The van der Waals surface area contributed by atoms with Gasteiger partial charge in [-0.15, -0.1) is 0 Å². The number of benzene rings is 2. The van der Waals surface area contributed by atoms with Crippen molar-refractivity contribution in [1.82, 2.24) is 4.90 Å². The topological polar surface area (TPSA) is 20.3 Å². The van der Waals surface area contributed by atoms with Crippen molar-refractivity contribution in [1.29, 1.82) is 0 Å². The normalized spacial score (nSPS) is 10.4. The van der Waals surface area contributed by atoms with Crippen LogP contribution in [0, 0.1) is 13.8 Å². The first-order valence-electron chi connectivity index (χ1n) is 6.54. The molecular weight excluding hydrogens is 314 g/mol. The van der Waals surface area contributed by atoms with Crippen LogP contribution in [0.4, 0.5) is 0 Å². The van der Waals surface area contributed by atoms with Crippen LogP contribution in [0.15, 0.2) is 46.9 Å². The monoisotopic (exact) mass is 331 g/mol. The van der Waals surface area contributed by atoms with Crippen LogP contribution >= 0.6 is 15.9 Å². The first-order valence-corrected chi connectivity index (χ1v) is 7.34. The van der Waals surface area contributed by atoms with Gasteiger partial charge in [0.05, 0.1) is 0 Å². The molecule has 1 amide bonds. The molecular formula is C17H18BrNO. The van der Waals surface area contributed by atoms with Crippen molar-refractivity contribution in [3.8, 4) is 0 Å². The maximum Gasteiger partial charge on any atom is 0.253 e. The lowest BCUT2D eigenvalue weighted by atomic mass is 10.1. The van der Waals surface area contributed by atoms with E-state index in [1.807, 2.05) is 56.4 Å². The molecule has 0 saturated carbocycles. The van der Waals surface area contributed by atoms with Crippen molar-refractivity contribution in [3.63, 3.8) is 0 Å². The largest absolute Gasteiger partial charge is 0.337 e. The first-order chi connectivity index (χ1) is 9.47. The summed E-state index contributed by atoms with van der Waals surface area (Å²) in [6, 6.07) is 13.9. The second-order valence-electron chi connectivity index (χ2n) is 5.09. The Morgan fingerprint density at radius 2 is 1.70 bits per heavy atom. The van der Waals surface area contributed by atoms with Crippen molar-refractivity contribution >= 4 is 21.8 Å². The third-order valence-corrected chi connectivity index (χ3v) is 3.96. The highest BCUT2D eigenvalue weighted by Gasteiger charge is 2.12. The van der Waals surface area contributed by atoms with E-state index in [2.05, 4.69) is 22.9 Å². The van der Waals surface area contributed by atoms with Gasteiger partial charge in [0.25, 0.3) is 5.91 Å². The molecule has 0 saturated heterocycles. The van der Waals surface area contributed by atoms with E-state index >= 15 is 0 Å². The fraction of sp³-hybridized carbons (Fsp3) is 0.235. The van der Waals surface area contributed by atoms with E-state index < -0.39 is 0 Å². The molecule has 2 nitrogen and oxygen atoms in total. The summed E-state index contributed by atoms with van der Waals surface area (Å²) in [6.07, 6.45) is 0. The van der Waals surface area contributed by atoms with Gasteiger partial charge in [0.15, 0.2) is 0 Å². The number of carbonyl (C=O) groups excluding carboxylic acids is 1. The van der Waals surface area contributed by atoms with Crippen LogP contribution < -0.4 is 0 Å². The summed E-state index contributed by atoms with van der Waals surface area (Å²) in [4.78, 5) is 14.1. The first kappa shape index (κ1) is 14.8. The smallest absolute Gasteiger partial charge is 0.253 e. The molecule has 104 valence electrons. The summed E-state index contributed by atoms with van der Waals surface area (Å²) in [5, 5.41) is 0. The Labute approximate surface area is 128 Å². The van der Waals surface area contributed by atoms with Gasteiger partial charge >= 0.3 is 0 Å². The van der Waals surface area contributed by atoms with E-state index in [1.54, 1.807) is 4.90 Å². The lowest BCUT2D eigenvalue weighted by Gasteiger charge is -2.18. The average Bonchev–Trinajstić information content (AvgIpc) is 2.43. The van der Waals surface area contributed by atoms with Gasteiger partial charge in [-0.3, -0.25) is 4.79 Å². The standard InChI is InChI=1S/C17H18BrNO/c1-12-4-7-15(10-13(12)2)17(20)19(3)11-14-5-8-16(18)9-6-14/h4-10H,11H2,1-3H3. The third kappa shape index (κ3) is 3.48. The molecule has 0 spiro atoms. The molecule has 2 rings (SSSR count). The minimum atomic E-state index is 0.0519. The number of amides is 1. The van der Waals surface area contributed by atoms with Gasteiger partial charge in [-0.25, -0.2) is 0 Å². The van der Waals surface area contributed by atoms with Gasteiger partial charge in [-0.1, -0.05) is 34.1 Å². The molecule has 0 aliphatic carbocycles. The molecule has 2 aromatic rings. The molecule has 0 unspecified atom stereocenters. The van der Waals surface area contributed by atoms with E-state index in [1.165, 1.54) is 5.56 Å². The number of halogens is 1. The number of carbonyl (C=O) groups is 1. The van der Waals surface area contributed by atoms with Crippen molar-refractivity contribution in [3.05, 3.63) is 69.2 Å². The number of hydrogen-bond acceptors (Lipinski definition) is 1. The molecule has 0 heterocycles. The fourth-order valence-corrected chi connectivity index (χ4v) is 2.29. The highest BCUT2D eigenvalue weighted by Crippen LogP contribution is 2.15. The van der Waals surface area contributed by atoms with E-state index in [-0.39, 0.29) is 5.91 Å². The Bertz CT molecular complexity index is 619. The van der Waals surface area contributed by atoms with Gasteiger partial charge in [0.2, 0.25) is 0 Å². The molecule has 0 aliphatic rings. The number of aryl methyl sites for hydroxylation is 2. The van der Waals surface area contributed by atoms with Crippen LogP contribution in [0.25, 0.3) is 0 Å². The second-order valence-corrected chi connectivity index (χ2v) is 6.00. The van der Waals surface area contributed by atoms with Crippen LogP contribution in [0.5, 0.6) is 0 Å². The molecule has 0 aliphatic heterocycles. The number of hydrogen-bond donors (Lipinski definition) is 0. The van der Waals surface area contributed by atoms with Crippen molar-refractivity contribution in [2.45, 2.75) is 20.4 Å². The van der Waals surface area contributed by atoms with Gasteiger partial charge in [0, 0.05) is 23.6 Å². The molecule has 0 aromatic heterocycles. The van der Waals surface area contributed by atoms with Crippen LogP contribution in [-0.4, -0.2) is 17.9 Å². The molecule has 3 heteroatoms. The van der Waals surface area contributed by atoms with Crippen LogP contribution in [0.1, 0.15) is 27.0 Å². The average molecular weight is 332 g/mol. The van der Waals surface area contributed by atoms with Crippen LogP contribution in [0.2, 0.25) is 0 Å². The molecule has 2 aromatic carbocycles. The third-order valence-electron chi connectivity index (χ3n) is 3.43. The van der Waals surface area contributed by atoms with Crippen molar-refractivity contribution in [2.24, 2.45) is 0 Å². The predicted molar refractivity (Wildman–Crippen MR) is 85.9 cm³/mol. The fourth-order valence-electron chi connectivity index (χ4n) is 2.03. The van der Waals surface area contributed by atoms with Gasteiger partial charge in [-0.2, -0.15) is 0 Å². The highest BCUT2D eigenvalue weighted by atomic mass is 79.9. The predicted octanol–water partition coefficient (Wildman–Crippen LogP) is 4.34. The van der Waals surface area contributed by atoms with Crippen molar-refractivity contribution in [2.75, 3.05) is 7.05 Å². The Morgan fingerprint density at radius 3 is 2.30 bits per heavy atom. The summed E-state index contributed by atoms with van der Waals surface area (Å²) in [5.74, 6) is 0.0519. The van der Waals surface area contributed by atoms with E-state index in [4.69, 9.17) is 0 Å². The van der Waals surface area contributed by atoms with Crippen LogP contribution in [-0.2, 0) is 6.54 Å². The summed E-state index contributed by atoms with van der Waals surface area (Å²) < 4.78 is 1.05. The van der Waals surface area contributed by atoms with Gasteiger partial charge in [-0.05, 0) is 54.8 Å². The number of nitrogens with zero attached hydrogens (tertiary/aromatic N) is 1. The minimum Gasteiger partial charge on any atom is -0.337 e. The maximum absolute atomic E-state index is 12.4. The molecule has 0 bridgehead atoms. The van der Waals surface area contributed by atoms with Gasteiger partial charge in [0.1, 0.15) is 0 Å². The van der Waals surface area contributed by atoms with Crippen molar-refractivity contribution < 1.29 is 4.79 Å². The molecule has 0 fully saturated rings. The SMILES string of the molecule is Cc1ccc(C(=O)N(C)Cc2ccc(Br)cc2)cc1C. The zero-order valence-corrected chi connectivity index (χ0v) is 13.6. The number of rotatable bonds is 3. The summed E-state index contributed by atoms with van der Waals surface area (Å²) in [7, 11) is 1.83.